The molecule has 0 bridgehead atoms. The summed E-state index contributed by atoms with van der Waals surface area (Å²) >= 11 is 1.60. The normalized spacial score (nSPS) is 19.2. The first-order chi connectivity index (χ1) is 11.0. The minimum absolute atomic E-state index is 0.0699. The Morgan fingerprint density at radius 3 is 2.91 bits per heavy atom. The Balaban J connectivity index is 2.02. The van der Waals surface area contributed by atoms with Crippen molar-refractivity contribution in [3.05, 3.63) is 16.6 Å². The molecule has 3 N–H and O–H groups in total. The molecule has 23 heavy (non-hydrogen) atoms. The Morgan fingerprint density at radius 1 is 1.52 bits per heavy atom. The van der Waals surface area contributed by atoms with Crippen molar-refractivity contribution < 1.29 is 14.4 Å². The van der Waals surface area contributed by atoms with E-state index in [0.717, 1.165) is 17.8 Å². The Hall–Kier alpha value is -1.96. The van der Waals surface area contributed by atoms with E-state index in [1.54, 1.807) is 22.4 Å². The Kier molecular flexibility index (Phi) is 6.09. The SMILES string of the molecule is CC(=O)NC(CCC(N)=O)C(=O)N1CCCC(c2nccs2)C1. The van der Waals surface area contributed by atoms with Gasteiger partial charge in [0.25, 0.3) is 0 Å². The molecule has 1 saturated heterocycles. The molecule has 2 heterocycles. The molecule has 1 aliphatic rings. The van der Waals surface area contributed by atoms with Gasteiger partial charge in [-0.05, 0) is 19.3 Å². The molecule has 0 aliphatic carbocycles. The van der Waals surface area contributed by atoms with E-state index in [2.05, 4.69) is 10.3 Å². The maximum atomic E-state index is 12.7. The first-order valence-electron chi connectivity index (χ1n) is 7.71. The van der Waals surface area contributed by atoms with Crippen molar-refractivity contribution in [1.82, 2.24) is 15.2 Å². The average Bonchev–Trinajstić information content (AvgIpc) is 3.05. The number of nitrogens with one attached hydrogen (secondary N) is 1. The van der Waals surface area contributed by atoms with Crippen LogP contribution >= 0.6 is 11.3 Å². The number of primary amides is 1. The van der Waals surface area contributed by atoms with Crippen molar-refractivity contribution in [2.45, 2.75) is 44.6 Å². The smallest absolute Gasteiger partial charge is 0.245 e. The summed E-state index contributed by atoms with van der Waals surface area (Å²) in [5.74, 6) is -0.682. The van der Waals surface area contributed by atoms with Gasteiger partial charge in [-0.1, -0.05) is 0 Å². The molecule has 126 valence electrons. The summed E-state index contributed by atoms with van der Waals surface area (Å²) in [6.07, 6.45) is 3.97. The van der Waals surface area contributed by atoms with Crippen LogP contribution in [0, 0.1) is 0 Å². The maximum absolute atomic E-state index is 12.7. The number of nitrogens with zero attached hydrogens (tertiary/aromatic N) is 2. The molecule has 1 fully saturated rings. The van der Waals surface area contributed by atoms with Gasteiger partial charge in [-0.3, -0.25) is 14.4 Å². The second-order valence-corrected chi connectivity index (χ2v) is 6.68. The lowest BCUT2D eigenvalue weighted by molar-refractivity contribution is -0.137. The fourth-order valence-corrected chi connectivity index (χ4v) is 3.59. The third-order valence-corrected chi connectivity index (χ3v) is 4.83. The number of aromatic nitrogens is 1. The van der Waals surface area contributed by atoms with E-state index in [4.69, 9.17) is 5.73 Å². The van der Waals surface area contributed by atoms with Crippen LogP contribution < -0.4 is 11.1 Å². The molecular weight excluding hydrogens is 316 g/mol. The van der Waals surface area contributed by atoms with E-state index in [-0.39, 0.29) is 30.6 Å². The van der Waals surface area contributed by atoms with Gasteiger partial charge < -0.3 is 16.0 Å². The van der Waals surface area contributed by atoms with Crippen LogP contribution in [0.15, 0.2) is 11.6 Å². The molecule has 0 radical (unpaired) electrons. The predicted octanol–water partition coefficient (Wildman–Crippen LogP) is 0.619. The van der Waals surface area contributed by atoms with Crippen LogP contribution in [-0.4, -0.2) is 46.7 Å². The molecule has 1 aromatic heterocycles. The van der Waals surface area contributed by atoms with Crippen molar-refractivity contribution >= 4 is 29.1 Å². The van der Waals surface area contributed by atoms with Crippen LogP contribution in [0.4, 0.5) is 0 Å². The number of nitrogens with two attached hydrogens (primary N) is 1. The molecular formula is C15H22N4O3S. The molecule has 0 saturated carbocycles. The van der Waals surface area contributed by atoms with Gasteiger partial charge in [-0.25, -0.2) is 4.98 Å². The highest BCUT2D eigenvalue weighted by Gasteiger charge is 2.30. The van der Waals surface area contributed by atoms with Gasteiger partial charge in [-0.15, -0.1) is 11.3 Å². The van der Waals surface area contributed by atoms with Crippen LogP contribution in [0.2, 0.25) is 0 Å². The van der Waals surface area contributed by atoms with E-state index in [9.17, 15) is 14.4 Å². The van der Waals surface area contributed by atoms with Crippen LogP contribution in [0.25, 0.3) is 0 Å². The van der Waals surface area contributed by atoms with Gasteiger partial charge >= 0.3 is 0 Å². The molecule has 2 rings (SSSR count). The number of likely N-dealkylation sites (tertiary alicyclic amines) is 1. The van der Waals surface area contributed by atoms with Crippen LogP contribution in [0.5, 0.6) is 0 Å². The predicted molar refractivity (Wildman–Crippen MR) is 86.7 cm³/mol. The molecule has 0 spiro atoms. The minimum Gasteiger partial charge on any atom is -0.370 e. The topological polar surface area (TPSA) is 105 Å². The van der Waals surface area contributed by atoms with E-state index in [0.29, 0.717) is 13.1 Å². The molecule has 3 amide bonds. The second kappa shape index (κ2) is 8.05. The Bertz CT molecular complexity index is 561. The van der Waals surface area contributed by atoms with Crippen molar-refractivity contribution in [2.75, 3.05) is 13.1 Å². The van der Waals surface area contributed by atoms with E-state index >= 15 is 0 Å². The first-order valence-corrected chi connectivity index (χ1v) is 8.59. The van der Waals surface area contributed by atoms with Gasteiger partial charge in [0.15, 0.2) is 0 Å². The number of amides is 3. The fraction of sp³-hybridized carbons (Fsp3) is 0.600. The number of carbonyl (C=O) groups is 3. The molecule has 1 aromatic rings. The van der Waals surface area contributed by atoms with Gasteiger partial charge in [-0.2, -0.15) is 0 Å². The van der Waals surface area contributed by atoms with Crippen LogP contribution in [0.3, 0.4) is 0 Å². The van der Waals surface area contributed by atoms with E-state index < -0.39 is 11.9 Å². The Labute approximate surface area is 139 Å². The summed E-state index contributed by atoms with van der Waals surface area (Å²) in [6, 6.07) is -0.699. The van der Waals surface area contributed by atoms with Crippen molar-refractivity contribution in [1.29, 1.82) is 0 Å². The number of hydrogen-bond acceptors (Lipinski definition) is 5. The average molecular weight is 338 g/mol. The quantitative estimate of drug-likeness (QED) is 0.793. The van der Waals surface area contributed by atoms with Crippen molar-refractivity contribution in [2.24, 2.45) is 5.73 Å². The summed E-state index contributed by atoms with van der Waals surface area (Å²) in [4.78, 5) is 41.1. The summed E-state index contributed by atoms with van der Waals surface area (Å²) in [5.41, 5.74) is 5.15. The summed E-state index contributed by atoms with van der Waals surface area (Å²) in [5, 5.41) is 5.60. The molecule has 8 heteroatoms. The third-order valence-electron chi connectivity index (χ3n) is 3.89. The van der Waals surface area contributed by atoms with Crippen LogP contribution in [0.1, 0.15) is 43.5 Å². The molecule has 0 aromatic carbocycles. The lowest BCUT2D eigenvalue weighted by Gasteiger charge is -2.34. The van der Waals surface area contributed by atoms with Gasteiger partial charge in [0.05, 0.1) is 5.01 Å². The zero-order chi connectivity index (χ0) is 16.8. The summed E-state index contributed by atoms with van der Waals surface area (Å²) in [6.45, 7) is 2.62. The standard InChI is InChI=1S/C15H22N4O3S/c1-10(20)18-12(4-5-13(16)21)15(22)19-7-2-3-11(9-19)14-17-6-8-23-14/h6,8,11-12H,2-5,7,9H2,1H3,(H2,16,21)(H,18,20). The minimum atomic E-state index is -0.699. The highest BCUT2D eigenvalue weighted by molar-refractivity contribution is 7.09. The summed E-state index contributed by atoms with van der Waals surface area (Å²) < 4.78 is 0. The zero-order valence-corrected chi connectivity index (χ0v) is 14.0. The lowest BCUT2D eigenvalue weighted by atomic mass is 9.97. The Morgan fingerprint density at radius 2 is 2.30 bits per heavy atom. The second-order valence-electron chi connectivity index (χ2n) is 5.75. The number of hydrogen-bond donors (Lipinski definition) is 2. The van der Waals surface area contributed by atoms with E-state index in [1.807, 2.05) is 5.38 Å². The van der Waals surface area contributed by atoms with E-state index in [1.165, 1.54) is 6.92 Å². The highest BCUT2D eigenvalue weighted by atomic mass is 32.1. The van der Waals surface area contributed by atoms with Gasteiger partial charge in [0, 0.05) is 43.9 Å². The third kappa shape index (κ3) is 5.02. The number of rotatable bonds is 6. The molecule has 2 unspecified atom stereocenters. The maximum Gasteiger partial charge on any atom is 0.245 e. The fourth-order valence-electron chi connectivity index (χ4n) is 2.82. The largest absolute Gasteiger partial charge is 0.370 e. The first kappa shape index (κ1) is 17.4. The molecule has 1 aliphatic heterocycles. The molecule has 2 atom stereocenters. The molecule has 7 nitrogen and oxygen atoms in total. The number of thiazole rings is 1. The monoisotopic (exact) mass is 338 g/mol. The highest BCUT2D eigenvalue weighted by Crippen LogP contribution is 2.28. The number of carbonyl (C=O) groups excluding carboxylic acids is 3. The summed E-state index contributed by atoms with van der Waals surface area (Å²) in [7, 11) is 0. The van der Waals surface area contributed by atoms with Crippen molar-refractivity contribution in [3.63, 3.8) is 0 Å². The van der Waals surface area contributed by atoms with Gasteiger partial charge in [0.2, 0.25) is 17.7 Å². The lowest BCUT2D eigenvalue weighted by Crippen LogP contribution is -2.50. The van der Waals surface area contributed by atoms with Crippen LogP contribution in [-0.2, 0) is 14.4 Å². The van der Waals surface area contributed by atoms with Crippen molar-refractivity contribution in [3.8, 4) is 0 Å². The van der Waals surface area contributed by atoms with Gasteiger partial charge in [0.1, 0.15) is 6.04 Å². The zero-order valence-electron chi connectivity index (χ0n) is 13.2. The number of piperidine rings is 1.